The maximum Gasteiger partial charge on any atom is 0.416 e. The van der Waals surface area contributed by atoms with Crippen molar-refractivity contribution in [2.24, 2.45) is 0 Å². The molecule has 0 saturated carbocycles. The molecule has 42 heavy (non-hydrogen) atoms. The SMILES string of the molecule is CC#CCOc1ccc(S(=O)(=O)NC(Cc2cn(Cc3cccc(C(F)(F)F)c3)c3ccc(OC)cc23)C(=O)O)cc1. The van der Waals surface area contributed by atoms with Crippen molar-refractivity contribution >= 4 is 26.9 Å². The fourth-order valence-electron chi connectivity index (χ4n) is 4.37. The number of benzene rings is 3. The molecule has 1 unspecified atom stereocenters. The maximum absolute atomic E-state index is 13.3. The third kappa shape index (κ3) is 7.23. The van der Waals surface area contributed by atoms with Crippen molar-refractivity contribution in [2.75, 3.05) is 13.7 Å². The summed E-state index contributed by atoms with van der Waals surface area (Å²) in [6.07, 6.45) is -3.14. The molecule has 0 bridgehead atoms. The first-order valence-corrected chi connectivity index (χ1v) is 14.1. The van der Waals surface area contributed by atoms with Crippen LogP contribution in [-0.2, 0) is 34.0 Å². The summed E-state index contributed by atoms with van der Waals surface area (Å²) in [5.41, 5.74) is 0.673. The molecule has 1 heterocycles. The normalized spacial score (nSPS) is 12.4. The lowest BCUT2D eigenvalue weighted by molar-refractivity contribution is -0.139. The Morgan fingerprint density at radius 3 is 2.43 bits per heavy atom. The molecule has 220 valence electrons. The molecule has 0 aliphatic heterocycles. The molecule has 0 saturated heterocycles. The molecule has 4 rings (SSSR count). The molecular formula is C30H27F3N2O6S. The topological polar surface area (TPSA) is 107 Å². The molecule has 0 fully saturated rings. The van der Waals surface area contributed by atoms with Gasteiger partial charge in [0.05, 0.1) is 17.6 Å². The van der Waals surface area contributed by atoms with Crippen LogP contribution in [-0.4, -0.2) is 43.8 Å². The first-order valence-electron chi connectivity index (χ1n) is 12.6. The van der Waals surface area contributed by atoms with Gasteiger partial charge in [0.15, 0.2) is 0 Å². The summed E-state index contributed by atoms with van der Waals surface area (Å²) in [5, 5.41) is 10.5. The molecule has 1 atom stereocenters. The van der Waals surface area contributed by atoms with Gasteiger partial charge in [0.2, 0.25) is 10.0 Å². The highest BCUT2D eigenvalue weighted by Crippen LogP contribution is 2.31. The number of carbonyl (C=O) groups is 1. The van der Waals surface area contributed by atoms with Gasteiger partial charge in [0, 0.05) is 30.1 Å². The van der Waals surface area contributed by atoms with Crippen molar-refractivity contribution in [3.05, 3.63) is 89.6 Å². The van der Waals surface area contributed by atoms with E-state index in [0.29, 0.717) is 33.5 Å². The Morgan fingerprint density at radius 1 is 1.07 bits per heavy atom. The van der Waals surface area contributed by atoms with Crippen LogP contribution in [0.15, 0.2) is 77.8 Å². The predicted molar refractivity (Wildman–Crippen MR) is 150 cm³/mol. The number of fused-ring (bicyclic) bond motifs is 1. The van der Waals surface area contributed by atoms with Gasteiger partial charge in [-0.2, -0.15) is 17.9 Å². The zero-order valence-corrected chi connectivity index (χ0v) is 23.4. The fraction of sp³-hybridized carbons (Fsp3) is 0.233. The number of carboxylic acid groups (broad SMARTS) is 1. The van der Waals surface area contributed by atoms with E-state index >= 15 is 0 Å². The van der Waals surface area contributed by atoms with Crippen molar-refractivity contribution in [1.82, 2.24) is 9.29 Å². The molecule has 1 aromatic heterocycles. The minimum atomic E-state index is -4.50. The van der Waals surface area contributed by atoms with E-state index in [2.05, 4.69) is 16.6 Å². The molecular weight excluding hydrogens is 573 g/mol. The lowest BCUT2D eigenvalue weighted by atomic mass is 10.1. The molecule has 0 radical (unpaired) electrons. The smallest absolute Gasteiger partial charge is 0.416 e. The Labute approximate surface area is 240 Å². The van der Waals surface area contributed by atoms with Crippen LogP contribution in [0.4, 0.5) is 13.2 Å². The van der Waals surface area contributed by atoms with Crippen LogP contribution in [0, 0.1) is 11.8 Å². The monoisotopic (exact) mass is 600 g/mol. The van der Waals surface area contributed by atoms with Gasteiger partial charge in [-0.3, -0.25) is 4.79 Å². The zero-order valence-electron chi connectivity index (χ0n) is 22.6. The minimum absolute atomic E-state index is 0.0640. The highest BCUT2D eigenvalue weighted by molar-refractivity contribution is 7.89. The number of nitrogens with zero attached hydrogens (tertiary/aromatic N) is 1. The van der Waals surface area contributed by atoms with E-state index in [1.54, 1.807) is 42.0 Å². The second-order valence-corrected chi connectivity index (χ2v) is 11.0. The van der Waals surface area contributed by atoms with Crippen LogP contribution in [0.1, 0.15) is 23.6 Å². The van der Waals surface area contributed by atoms with Crippen LogP contribution in [0.25, 0.3) is 10.9 Å². The molecule has 0 aliphatic carbocycles. The van der Waals surface area contributed by atoms with Gasteiger partial charge in [0.25, 0.3) is 0 Å². The first kappa shape index (κ1) is 30.5. The van der Waals surface area contributed by atoms with E-state index in [9.17, 15) is 31.5 Å². The van der Waals surface area contributed by atoms with Gasteiger partial charge in [-0.25, -0.2) is 8.42 Å². The summed E-state index contributed by atoms with van der Waals surface area (Å²) >= 11 is 0. The van der Waals surface area contributed by atoms with Gasteiger partial charge in [0.1, 0.15) is 24.1 Å². The van der Waals surface area contributed by atoms with Crippen molar-refractivity contribution in [3.63, 3.8) is 0 Å². The summed E-state index contributed by atoms with van der Waals surface area (Å²) < 4.78 is 80.6. The molecule has 8 nitrogen and oxygen atoms in total. The third-order valence-electron chi connectivity index (χ3n) is 6.42. The second kappa shape index (κ2) is 12.6. The number of methoxy groups -OCH3 is 1. The molecule has 4 aromatic rings. The summed E-state index contributed by atoms with van der Waals surface area (Å²) in [4.78, 5) is 12.0. The average Bonchev–Trinajstić information content (AvgIpc) is 3.28. The van der Waals surface area contributed by atoms with E-state index < -0.39 is 33.8 Å². The highest BCUT2D eigenvalue weighted by atomic mass is 32.2. The minimum Gasteiger partial charge on any atom is -0.497 e. The Kier molecular flexibility index (Phi) is 9.14. The number of rotatable bonds is 11. The van der Waals surface area contributed by atoms with Crippen LogP contribution >= 0.6 is 0 Å². The van der Waals surface area contributed by atoms with Crippen LogP contribution in [0.3, 0.4) is 0 Å². The lowest BCUT2D eigenvalue weighted by Crippen LogP contribution is -2.42. The van der Waals surface area contributed by atoms with Crippen molar-refractivity contribution < 1.29 is 41.0 Å². The number of hydrogen-bond donors (Lipinski definition) is 2. The van der Waals surface area contributed by atoms with Crippen LogP contribution in [0.2, 0.25) is 0 Å². The van der Waals surface area contributed by atoms with Gasteiger partial charge in [-0.15, -0.1) is 5.92 Å². The number of aromatic nitrogens is 1. The average molecular weight is 601 g/mol. The zero-order chi connectivity index (χ0) is 30.5. The van der Waals surface area contributed by atoms with Crippen molar-refractivity contribution in [2.45, 2.75) is 37.0 Å². The number of alkyl halides is 3. The van der Waals surface area contributed by atoms with Crippen molar-refractivity contribution in [3.8, 4) is 23.3 Å². The molecule has 12 heteroatoms. The number of hydrogen-bond acceptors (Lipinski definition) is 5. The summed E-state index contributed by atoms with van der Waals surface area (Å²) in [7, 11) is -2.79. The van der Waals surface area contributed by atoms with E-state index in [1.807, 2.05) is 0 Å². The molecule has 0 spiro atoms. The standard InChI is InChI=1S/C30H27F3N2O6S/c1-3-4-14-41-23-8-11-25(12-9-23)42(38,39)34-27(29(36)37)16-21-19-35(28-13-10-24(40-2)17-26(21)28)18-20-6-5-7-22(15-20)30(31,32)33/h5-13,15,17,19,27,34H,14,16,18H2,1-2H3,(H,36,37). The number of sulfonamides is 1. The van der Waals surface area contributed by atoms with Gasteiger partial charge in [-0.05, 0) is 72.6 Å². The molecule has 3 aromatic carbocycles. The Morgan fingerprint density at radius 2 is 1.79 bits per heavy atom. The molecule has 2 N–H and O–H groups in total. The van der Waals surface area contributed by atoms with Crippen LogP contribution in [0.5, 0.6) is 11.5 Å². The van der Waals surface area contributed by atoms with E-state index in [4.69, 9.17) is 9.47 Å². The Bertz CT molecular complexity index is 1750. The number of halogens is 3. The first-order chi connectivity index (χ1) is 19.9. The van der Waals surface area contributed by atoms with E-state index in [1.165, 1.54) is 37.4 Å². The van der Waals surface area contributed by atoms with Crippen molar-refractivity contribution in [1.29, 1.82) is 0 Å². The number of aliphatic carboxylic acids is 1. The number of carboxylic acids is 1. The predicted octanol–water partition coefficient (Wildman–Crippen LogP) is 5.09. The maximum atomic E-state index is 13.3. The second-order valence-electron chi connectivity index (χ2n) is 9.27. The van der Waals surface area contributed by atoms with E-state index in [0.717, 1.165) is 12.1 Å². The van der Waals surface area contributed by atoms with Gasteiger partial charge >= 0.3 is 12.1 Å². The van der Waals surface area contributed by atoms with Gasteiger partial charge in [-0.1, -0.05) is 18.1 Å². The van der Waals surface area contributed by atoms with Gasteiger partial charge < -0.3 is 19.1 Å². The number of ether oxygens (including phenoxy) is 2. The number of nitrogens with one attached hydrogen (secondary N) is 1. The van der Waals surface area contributed by atoms with Crippen LogP contribution < -0.4 is 14.2 Å². The van der Waals surface area contributed by atoms with E-state index in [-0.39, 0.29) is 24.5 Å². The Balaban J connectivity index is 1.63. The lowest BCUT2D eigenvalue weighted by Gasteiger charge is -2.15. The summed E-state index contributed by atoms with van der Waals surface area (Å²) in [6, 6.07) is 13.9. The fourth-order valence-corrected chi connectivity index (χ4v) is 5.56. The Hall–Kier alpha value is -4.47. The quantitative estimate of drug-likeness (QED) is 0.232. The summed E-state index contributed by atoms with van der Waals surface area (Å²) in [5.74, 6) is 4.87. The molecule has 0 aliphatic rings. The largest absolute Gasteiger partial charge is 0.497 e. The highest BCUT2D eigenvalue weighted by Gasteiger charge is 2.31. The summed E-state index contributed by atoms with van der Waals surface area (Å²) in [6.45, 7) is 1.86. The molecule has 0 amide bonds. The third-order valence-corrected chi connectivity index (χ3v) is 7.91.